The number of fused-ring (bicyclic) bond motifs is 2. The Kier molecular flexibility index (Phi) is 4.04. The van der Waals surface area contributed by atoms with Crippen LogP contribution < -0.4 is 5.63 Å². The number of nitro benzene ring substituents is 1. The molecule has 8 nitrogen and oxygen atoms in total. The number of nitrogens with zero attached hydrogens (tertiary/aromatic N) is 3. The van der Waals surface area contributed by atoms with E-state index in [0.717, 1.165) is 11.1 Å². The van der Waals surface area contributed by atoms with Gasteiger partial charge >= 0.3 is 5.63 Å². The van der Waals surface area contributed by atoms with Crippen molar-refractivity contribution in [3.05, 3.63) is 92.2 Å². The van der Waals surface area contributed by atoms with Crippen LogP contribution >= 0.6 is 12.2 Å². The van der Waals surface area contributed by atoms with E-state index in [-0.39, 0.29) is 16.8 Å². The highest BCUT2D eigenvalue weighted by Crippen LogP contribution is 2.26. The Labute approximate surface area is 173 Å². The van der Waals surface area contributed by atoms with Gasteiger partial charge < -0.3 is 9.40 Å². The van der Waals surface area contributed by atoms with Crippen LogP contribution in [0, 0.1) is 14.8 Å². The number of hydrogen-bond donors (Lipinski definition) is 1. The fourth-order valence-corrected chi connectivity index (χ4v) is 3.64. The molecule has 0 saturated carbocycles. The maximum Gasteiger partial charge on any atom is 0.345 e. The SMILES string of the molecule is O=c1oc2ccc([N+](=O)[O-])cc2cc1-c1cn2c(=S)c(-c3ccccc3)cnc2[nH]1. The summed E-state index contributed by atoms with van der Waals surface area (Å²) in [5.74, 6) is 0.466. The second-order valence-electron chi connectivity index (χ2n) is 6.63. The molecule has 3 heterocycles. The van der Waals surface area contributed by atoms with E-state index in [1.54, 1.807) is 22.9 Å². The minimum atomic E-state index is -0.572. The molecule has 3 aromatic heterocycles. The third-order valence-electron chi connectivity index (χ3n) is 4.80. The Balaban J connectivity index is 1.69. The van der Waals surface area contributed by atoms with Crippen LogP contribution in [-0.4, -0.2) is 19.3 Å². The highest BCUT2D eigenvalue weighted by Gasteiger charge is 2.15. The van der Waals surface area contributed by atoms with Gasteiger partial charge in [0.05, 0.1) is 16.2 Å². The first kappa shape index (κ1) is 18.0. The highest BCUT2D eigenvalue weighted by molar-refractivity contribution is 7.71. The standard InChI is InChI=1S/C21H12N4O4S/c26-20-15(9-13-8-14(25(27)28)6-7-18(13)29-20)17-11-24-19(30)16(10-22-21(24)23-17)12-4-2-1-3-5-12/h1-11H,(H,22,23). The number of imidazole rings is 1. The number of H-pyrrole nitrogens is 1. The van der Waals surface area contributed by atoms with Crippen LogP contribution in [0.4, 0.5) is 5.69 Å². The number of benzene rings is 2. The molecule has 9 heteroatoms. The molecule has 0 saturated heterocycles. The summed E-state index contributed by atoms with van der Waals surface area (Å²) < 4.78 is 7.57. The monoisotopic (exact) mass is 416 g/mol. The van der Waals surface area contributed by atoms with Crippen molar-refractivity contribution in [3.63, 3.8) is 0 Å². The minimum Gasteiger partial charge on any atom is -0.422 e. The van der Waals surface area contributed by atoms with E-state index >= 15 is 0 Å². The summed E-state index contributed by atoms with van der Waals surface area (Å²) in [6.07, 6.45) is 3.35. The molecule has 5 aromatic rings. The van der Waals surface area contributed by atoms with Gasteiger partial charge in [-0.25, -0.2) is 9.78 Å². The zero-order chi connectivity index (χ0) is 20.8. The zero-order valence-corrected chi connectivity index (χ0v) is 16.1. The number of aromatic amines is 1. The lowest BCUT2D eigenvalue weighted by molar-refractivity contribution is -0.384. The van der Waals surface area contributed by atoms with E-state index in [2.05, 4.69) is 9.97 Å². The van der Waals surface area contributed by atoms with Gasteiger partial charge in [0.1, 0.15) is 10.2 Å². The Morgan fingerprint density at radius 2 is 1.90 bits per heavy atom. The van der Waals surface area contributed by atoms with Crippen LogP contribution in [0.5, 0.6) is 0 Å². The molecule has 0 atom stereocenters. The van der Waals surface area contributed by atoms with Gasteiger partial charge in [-0.05, 0) is 17.7 Å². The quantitative estimate of drug-likeness (QED) is 0.197. The Morgan fingerprint density at radius 1 is 1.10 bits per heavy atom. The van der Waals surface area contributed by atoms with Crippen molar-refractivity contribution in [3.8, 4) is 22.4 Å². The van der Waals surface area contributed by atoms with Crippen LogP contribution in [-0.2, 0) is 0 Å². The molecule has 0 bridgehead atoms. The lowest BCUT2D eigenvalue weighted by atomic mass is 10.1. The van der Waals surface area contributed by atoms with Crippen LogP contribution in [0.25, 0.3) is 39.1 Å². The van der Waals surface area contributed by atoms with Gasteiger partial charge in [0, 0.05) is 35.5 Å². The van der Waals surface area contributed by atoms with E-state index in [0.29, 0.717) is 21.5 Å². The van der Waals surface area contributed by atoms with Crippen LogP contribution in [0.3, 0.4) is 0 Å². The van der Waals surface area contributed by atoms with Crippen molar-refractivity contribution >= 4 is 34.7 Å². The molecule has 0 aliphatic carbocycles. The van der Waals surface area contributed by atoms with E-state index in [9.17, 15) is 14.9 Å². The van der Waals surface area contributed by atoms with Gasteiger partial charge in [0.25, 0.3) is 5.69 Å². The normalized spacial score (nSPS) is 11.2. The molecule has 0 unspecified atom stereocenters. The molecule has 0 aliphatic rings. The summed E-state index contributed by atoms with van der Waals surface area (Å²) in [6.45, 7) is 0. The van der Waals surface area contributed by atoms with Crippen LogP contribution in [0.1, 0.15) is 0 Å². The van der Waals surface area contributed by atoms with Gasteiger partial charge in [-0.1, -0.05) is 42.5 Å². The molecule has 5 rings (SSSR count). The first-order chi connectivity index (χ1) is 14.5. The highest BCUT2D eigenvalue weighted by atomic mass is 32.1. The summed E-state index contributed by atoms with van der Waals surface area (Å²) in [4.78, 5) is 30.6. The molecule has 2 aromatic carbocycles. The van der Waals surface area contributed by atoms with Crippen molar-refractivity contribution in [2.24, 2.45) is 0 Å². The number of nitrogens with one attached hydrogen (secondary N) is 1. The van der Waals surface area contributed by atoms with Crippen molar-refractivity contribution in [1.82, 2.24) is 14.4 Å². The fraction of sp³-hybridized carbons (Fsp3) is 0. The lowest BCUT2D eigenvalue weighted by Gasteiger charge is -2.02. The fourth-order valence-electron chi connectivity index (χ4n) is 3.33. The summed E-state index contributed by atoms with van der Waals surface area (Å²) in [5.41, 5.74) is 2.00. The van der Waals surface area contributed by atoms with Gasteiger partial charge in [-0.3, -0.25) is 14.5 Å². The van der Waals surface area contributed by atoms with Crippen LogP contribution in [0.15, 0.2) is 76.2 Å². The van der Waals surface area contributed by atoms with Crippen molar-refractivity contribution in [2.45, 2.75) is 0 Å². The third kappa shape index (κ3) is 2.88. The van der Waals surface area contributed by atoms with Gasteiger partial charge in [-0.2, -0.15) is 0 Å². The summed E-state index contributed by atoms with van der Waals surface area (Å²) in [5, 5.41) is 11.5. The number of nitro groups is 1. The Morgan fingerprint density at radius 3 is 2.67 bits per heavy atom. The van der Waals surface area contributed by atoms with Crippen molar-refractivity contribution in [1.29, 1.82) is 0 Å². The molecule has 0 fully saturated rings. The molecular formula is C21H12N4O4S. The third-order valence-corrected chi connectivity index (χ3v) is 5.22. The smallest absolute Gasteiger partial charge is 0.345 e. The Hall–Kier alpha value is -4.11. The number of hydrogen-bond acceptors (Lipinski definition) is 6. The number of rotatable bonds is 3. The van der Waals surface area contributed by atoms with E-state index in [4.69, 9.17) is 16.6 Å². The average Bonchev–Trinajstić information content (AvgIpc) is 3.19. The second kappa shape index (κ2) is 6.75. The van der Waals surface area contributed by atoms with Crippen molar-refractivity contribution < 1.29 is 9.34 Å². The maximum absolute atomic E-state index is 12.5. The largest absolute Gasteiger partial charge is 0.422 e. The number of aromatic nitrogens is 3. The molecule has 0 radical (unpaired) electrons. The topological polar surface area (TPSA) is 106 Å². The number of non-ortho nitro benzene ring substituents is 1. The molecule has 30 heavy (non-hydrogen) atoms. The van der Waals surface area contributed by atoms with E-state index in [1.807, 2.05) is 30.3 Å². The zero-order valence-electron chi connectivity index (χ0n) is 15.2. The van der Waals surface area contributed by atoms with Crippen molar-refractivity contribution in [2.75, 3.05) is 0 Å². The summed E-state index contributed by atoms with van der Waals surface area (Å²) in [6, 6.07) is 15.3. The summed E-state index contributed by atoms with van der Waals surface area (Å²) >= 11 is 5.62. The van der Waals surface area contributed by atoms with E-state index in [1.165, 1.54) is 18.2 Å². The van der Waals surface area contributed by atoms with E-state index < -0.39 is 10.5 Å². The average molecular weight is 416 g/mol. The molecule has 0 aliphatic heterocycles. The Bertz CT molecular complexity index is 1570. The van der Waals surface area contributed by atoms with Gasteiger partial charge in [0.15, 0.2) is 0 Å². The molecule has 0 spiro atoms. The summed E-state index contributed by atoms with van der Waals surface area (Å²) in [7, 11) is 0. The minimum absolute atomic E-state index is 0.0877. The van der Waals surface area contributed by atoms with Crippen LogP contribution in [0.2, 0.25) is 0 Å². The predicted octanol–water partition coefficient (Wildman–Crippen LogP) is 4.74. The molecule has 1 N–H and O–H groups in total. The molecular weight excluding hydrogens is 404 g/mol. The second-order valence-corrected chi connectivity index (χ2v) is 7.02. The van der Waals surface area contributed by atoms with Gasteiger partial charge in [-0.15, -0.1) is 0 Å². The first-order valence-corrected chi connectivity index (χ1v) is 9.30. The maximum atomic E-state index is 12.5. The van der Waals surface area contributed by atoms with Gasteiger partial charge in [0.2, 0.25) is 5.78 Å². The molecule has 0 amide bonds. The first-order valence-electron chi connectivity index (χ1n) is 8.90. The molecule has 146 valence electrons. The predicted molar refractivity (Wildman–Crippen MR) is 114 cm³/mol. The lowest BCUT2D eigenvalue weighted by Crippen LogP contribution is -2.03.